The van der Waals surface area contributed by atoms with Crippen LogP contribution >= 0.6 is 23.4 Å². The molecular weight excluding hydrogens is 388 g/mol. The molecule has 0 aliphatic heterocycles. The number of hydrogen-bond donors (Lipinski definition) is 3. The number of aromatic amines is 1. The summed E-state index contributed by atoms with van der Waals surface area (Å²) < 4.78 is 0. The lowest BCUT2D eigenvalue weighted by Crippen LogP contribution is -2.17. The lowest BCUT2D eigenvalue weighted by Gasteiger charge is -2.08. The second kappa shape index (κ2) is 8.24. The largest absolute Gasteiger partial charge is 0.508 e. The molecule has 1 aromatic heterocycles. The summed E-state index contributed by atoms with van der Waals surface area (Å²) in [6.07, 6.45) is 0. The normalized spacial score (nSPS) is 10.6. The van der Waals surface area contributed by atoms with Crippen LogP contribution in [-0.2, 0) is 4.79 Å². The smallest absolute Gasteiger partial charge is 0.278 e. The van der Waals surface area contributed by atoms with Gasteiger partial charge in [-0.1, -0.05) is 29.4 Å². The van der Waals surface area contributed by atoms with E-state index in [1.807, 2.05) is 13.0 Å². The summed E-state index contributed by atoms with van der Waals surface area (Å²) in [6, 6.07) is 11.3. The van der Waals surface area contributed by atoms with E-state index in [1.165, 1.54) is 12.1 Å². The zero-order chi connectivity index (χ0) is 19.4. The molecular formula is C18H15ClN4O3S. The standard InChI is InChI=1S/C18H15ClN4O3S/c1-10-2-5-12(19)8-14(10)20-15(25)9-27-18-21-17(26)16(22-23-18)11-3-6-13(24)7-4-11/h2-8,24H,9H2,1H3,(H,20,25)(H,21,23,26). The molecule has 0 bridgehead atoms. The minimum Gasteiger partial charge on any atom is -0.508 e. The number of nitrogens with zero attached hydrogens (tertiary/aromatic N) is 2. The third-order valence-electron chi connectivity index (χ3n) is 3.63. The molecule has 0 saturated heterocycles. The number of nitrogens with one attached hydrogen (secondary N) is 2. The average Bonchev–Trinajstić information content (AvgIpc) is 2.64. The molecule has 0 aliphatic rings. The van der Waals surface area contributed by atoms with E-state index >= 15 is 0 Å². The van der Waals surface area contributed by atoms with Gasteiger partial charge < -0.3 is 10.4 Å². The molecule has 3 N–H and O–H groups in total. The summed E-state index contributed by atoms with van der Waals surface area (Å²) >= 11 is 7.00. The quantitative estimate of drug-likeness (QED) is 0.565. The number of anilines is 1. The van der Waals surface area contributed by atoms with Crippen molar-refractivity contribution < 1.29 is 9.90 Å². The van der Waals surface area contributed by atoms with E-state index in [0.29, 0.717) is 16.3 Å². The van der Waals surface area contributed by atoms with E-state index in [1.54, 1.807) is 24.3 Å². The summed E-state index contributed by atoms with van der Waals surface area (Å²) in [5, 5.41) is 20.7. The summed E-state index contributed by atoms with van der Waals surface area (Å²) in [6.45, 7) is 1.87. The van der Waals surface area contributed by atoms with Crippen molar-refractivity contribution >= 4 is 35.0 Å². The summed E-state index contributed by atoms with van der Waals surface area (Å²) in [7, 11) is 0. The van der Waals surface area contributed by atoms with Crippen LogP contribution in [0.15, 0.2) is 52.4 Å². The van der Waals surface area contributed by atoms with E-state index in [9.17, 15) is 14.7 Å². The number of phenolic OH excluding ortho intramolecular Hbond substituents is 1. The van der Waals surface area contributed by atoms with Crippen molar-refractivity contribution in [3.05, 3.63) is 63.4 Å². The van der Waals surface area contributed by atoms with Gasteiger partial charge in [0.05, 0.1) is 5.75 Å². The number of benzene rings is 2. The van der Waals surface area contributed by atoms with Gasteiger partial charge in [0, 0.05) is 16.3 Å². The minimum absolute atomic E-state index is 0.0507. The molecule has 0 unspecified atom stereocenters. The zero-order valence-corrected chi connectivity index (χ0v) is 15.8. The van der Waals surface area contributed by atoms with Gasteiger partial charge >= 0.3 is 0 Å². The monoisotopic (exact) mass is 402 g/mol. The van der Waals surface area contributed by atoms with E-state index in [0.717, 1.165) is 17.3 Å². The van der Waals surface area contributed by atoms with Gasteiger partial charge in [0.1, 0.15) is 5.75 Å². The van der Waals surface area contributed by atoms with Crippen LogP contribution in [0.4, 0.5) is 5.69 Å². The molecule has 0 radical (unpaired) electrons. The lowest BCUT2D eigenvalue weighted by atomic mass is 10.1. The Labute approximate surface area is 163 Å². The zero-order valence-electron chi connectivity index (χ0n) is 14.2. The Bertz CT molecular complexity index is 1040. The number of hydrogen-bond acceptors (Lipinski definition) is 6. The molecule has 2 aromatic carbocycles. The fourth-order valence-electron chi connectivity index (χ4n) is 2.24. The van der Waals surface area contributed by atoms with Crippen molar-refractivity contribution in [3.63, 3.8) is 0 Å². The number of aromatic nitrogens is 3. The maximum absolute atomic E-state index is 12.2. The highest BCUT2D eigenvalue weighted by Crippen LogP contribution is 2.21. The second-order valence-corrected chi connectivity index (χ2v) is 7.05. The Hall–Kier alpha value is -2.84. The van der Waals surface area contributed by atoms with E-state index in [2.05, 4.69) is 20.5 Å². The number of halogens is 1. The Morgan fingerprint density at radius 2 is 1.96 bits per heavy atom. The highest BCUT2D eigenvalue weighted by molar-refractivity contribution is 7.99. The Morgan fingerprint density at radius 3 is 2.67 bits per heavy atom. The van der Waals surface area contributed by atoms with E-state index in [-0.39, 0.29) is 28.3 Å². The first-order valence-corrected chi connectivity index (χ1v) is 9.24. The first-order chi connectivity index (χ1) is 12.9. The number of carbonyl (C=O) groups is 1. The first kappa shape index (κ1) is 18.9. The molecule has 0 aliphatic carbocycles. The Kier molecular flexibility index (Phi) is 5.78. The van der Waals surface area contributed by atoms with Crippen LogP contribution in [0.1, 0.15) is 5.56 Å². The third-order valence-corrected chi connectivity index (χ3v) is 4.73. The second-order valence-electron chi connectivity index (χ2n) is 5.65. The van der Waals surface area contributed by atoms with Gasteiger partial charge in [0.2, 0.25) is 5.91 Å². The molecule has 3 aromatic rings. The molecule has 9 heteroatoms. The van der Waals surface area contributed by atoms with E-state index < -0.39 is 5.56 Å². The van der Waals surface area contributed by atoms with Gasteiger partial charge in [0.25, 0.3) is 5.56 Å². The molecule has 1 heterocycles. The van der Waals surface area contributed by atoms with Gasteiger partial charge in [-0.2, -0.15) is 0 Å². The molecule has 0 saturated carbocycles. The number of thioether (sulfide) groups is 1. The highest BCUT2D eigenvalue weighted by Gasteiger charge is 2.11. The number of carbonyl (C=O) groups excluding carboxylic acids is 1. The summed E-state index contributed by atoms with van der Waals surface area (Å²) in [5.41, 5.74) is 1.77. The predicted octanol–water partition coefficient (Wildman–Crippen LogP) is 3.23. The molecule has 27 heavy (non-hydrogen) atoms. The van der Waals surface area contributed by atoms with Crippen molar-refractivity contribution in [2.24, 2.45) is 0 Å². The molecule has 0 atom stereocenters. The number of aryl methyl sites for hydroxylation is 1. The molecule has 7 nitrogen and oxygen atoms in total. The van der Waals surface area contributed by atoms with Gasteiger partial charge in [-0.3, -0.25) is 14.6 Å². The molecule has 0 fully saturated rings. The van der Waals surface area contributed by atoms with Crippen molar-refractivity contribution in [2.45, 2.75) is 12.1 Å². The number of amides is 1. The average molecular weight is 403 g/mol. The maximum Gasteiger partial charge on any atom is 0.278 e. The lowest BCUT2D eigenvalue weighted by molar-refractivity contribution is -0.113. The SMILES string of the molecule is Cc1ccc(Cl)cc1NC(=O)CSc1nnc(-c2ccc(O)cc2)c(=O)[nH]1. The van der Waals surface area contributed by atoms with Crippen molar-refractivity contribution in [1.82, 2.24) is 15.2 Å². The fraction of sp³-hybridized carbons (Fsp3) is 0.111. The predicted molar refractivity (Wildman–Crippen MR) is 105 cm³/mol. The number of phenols is 1. The third kappa shape index (κ3) is 4.87. The highest BCUT2D eigenvalue weighted by atomic mass is 35.5. The van der Waals surface area contributed by atoms with Gasteiger partial charge in [-0.15, -0.1) is 10.2 Å². The van der Waals surface area contributed by atoms with Crippen molar-refractivity contribution in [3.8, 4) is 17.0 Å². The van der Waals surface area contributed by atoms with Gasteiger partial charge in [0.15, 0.2) is 10.9 Å². The van der Waals surface area contributed by atoms with Crippen LogP contribution in [0.25, 0.3) is 11.3 Å². The molecule has 0 spiro atoms. The molecule has 1 amide bonds. The summed E-state index contributed by atoms with van der Waals surface area (Å²) in [4.78, 5) is 26.9. The topological polar surface area (TPSA) is 108 Å². The van der Waals surface area contributed by atoms with Gasteiger partial charge in [-0.05, 0) is 48.9 Å². The Morgan fingerprint density at radius 1 is 1.22 bits per heavy atom. The molecule has 3 rings (SSSR count). The van der Waals surface area contributed by atoms with Crippen LogP contribution in [0, 0.1) is 6.92 Å². The van der Waals surface area contributed by atoms with E-state index in [4.69, 9.17) is 11.6 Å². The van der Waals surface area contributed by atoms with Crippen molar-refractivity contribution in [1.29, 1.82) is 0 Å². The Balaban J connectivity index is 1.65. The van der Waals surface area contributed by atoms with Crippen LogP contribution in [0.2, 0.25) is 5.02 Å². The fourth-order valence-corrected chi connectivity index (χ4v) is 3.02. The van der Waals surface area contributed by atoms with Crippen LogP contribution < -0.4 is 10.9 Å². The van der Waals surface area contributed by atoms with Crippen LogP contribution in [0.5, 0.6) is 5.75 Å². The first-order valence-electron chi connectivity index (χ1n) is 7.87. The number of aromatic hydroxyl groups is 1. The maximum atomic E-state index is 12.2. The number of H-pyrrole nitrogens is 1. The number of rotatable bonds is 5. The van der Waals surface area contributed by atoms with Crippen molar-refractivity contribution in [2.75, 3.05) is 11.1 Å². The molecule has 138 valence electrons. The van der Waals surface area contributed by atoms with Gasteiger partial charge in [-0.25, -0.2) is 0 Å². The van der Waals surface area contributed by atoms with Crippen LogP contribution in [0.3, 0.4) is 0 Å². The minimum atomic E-state index is -0.427. The van der Waals surface area contributed by atoms with Crippen LogP contribution in [-0.4, -0.2) is 31.9 Å². The summed E-state index contributed by atoms with van der Waals surface area (Å²) in [5.74, 6) is -0.110.